The van der Waals surface area contributed by atoms with Crippen molar-refractivity contribution < 1.29 is 29.0 Å². The van der Waals surface area contributed by atoms with Gasteiger partial charge in [-0.25, -0.2) is 0 Å². The molecule has 3 saturated heterocycles. The molecule has 4 rings (SSSR count). The summed E-state index contributed by atoms with van der Waals surface area (Å²) in [5.41, 5.74) is -1.05. The zero-order valence-corrected chi connectivity index (χ0v) is 25.9. The fraction of sp³-hybridized carbons (Fsp3) is 0.606. The first-order valence-electron chi connectivity index (χ1n) is 15.1. The predicted octanol–water partition coefficient (Wildman–Crippen LogP) is 3.81. The molecule has 3 fully saturated rings. The Hall–Kier alpha value is -3.17. The van der Waals surface area contributed by atoms with Crippen LogP contribution >= 0.6 is 0 Å². The van der Waals surface area contributed by atoms with E-state index in [2.05, 4.69) is 13.2 Å². The zero-order chi connectivity index (χ0) is 31.0. The lowest BCUT2D eigenvalue weighted by molar-refractivity contribution is -0.155. The number of benzene rings is 1. The number of fused-ring (bicyclic) bond motifs is 1. The SMILES string of the molecule is C=CCN(C(=O)[C@@H]1[C@H]2C(=O)N([C@@H](CO)C(C)C)C(C(=O)N(CC=C)C(C)(C)C)C23CC[C@H]1O3)c1ccc(OCC)cc1. The molecule has 230 valence electrons. The Morgan fingerprint density at radius 2 is 1.81 bits per heavy atom. The number of aliphatic hydroxyl groups excluding tert-OH is 1. The van der Waals surface area contributed by atoms with E-state index in [9.17, 15) is 19.5 Å². The van der Waals surface area contributed by atoms with E-state index in [-0.39, 0.29) is 36.8 Å². The van der Waals surface area contributed by atoms with Crippen LogP contribution in [0, 0.1) is 17.8 Å². The topological polar surface area (TPSA) is 99.6 Å². The number of ether oxygens (including phenoxy) is 2. The van der Waals surface area contributed by atoms with E-state index in [0.717, 1.165) is 0 Å². The van der Waals surface area contributed by atoms with Gasteiger partial charge in [0.05, 0.1) is 37.2 Å². The van der Waals surface area contributed by atoms with Crippen molar-refractivity contribution in [1.29, 1.82) is 0 Å². The number of anilines is 1. The summed E-state index contributed by atoms with van der Waals surface area (Å²) < 4.78 is 12.2. The molecule has 6 atom stereocenters. The first kappa shape index (κ1) is 31.8. The van der Waals surface area contributed by atoms with Crippen molar-refractivity contribution in [1.82, 2.24) is 9.80 Å². The van der Waals surface area contributed by atoms with Crippen LogP contribution in [-0.4, -0.2) is 88.3 Å². The molecule has 3 aliphatic rings. The van der Waals surface area contributed by atoms with Gasteiger partial charge in [-0.15, -0.1) is 13.2 Å². The number of carbonyl (C=O) groups excluding carboxylic acids is 3. The molecule has 0 radical (unpaired) electrons. The van der Waals surface area contributed by atoms with Crippen LogP contribution in [0.25, 0.3) is 0 Å². The molecule has 2 unspecified atom stereocenters. The maximum absolute atomic E-state index is 14.5. The molecule has 1 N–H and O–H groups in total. The van der Waals surface area contributed by atoms with Gasteiger partial charge in [0.2, 0.25) is 17.7 Å². The third-order valence-electron chi connectivity index (χ3n) is 9.00. The number of amides is 3. The van der Waals surface area contributed by atoms with Crippen LogP contribution < -0.4 is 9.64 Å². The first-order chi connectivity index (χ1) is 19.9. The van der Waals surface area contributed by atoms with E-state index in [1.165, 1.54) is 0 Å². The molecule has 2 bridgehead atoms. The second-order valence-electron chi connectivity index (χ2n) is 12.9. The molecule has 9 nitrogen and oxygen atoms in total. The van der Waals surface area contributed by atoms with E-state index in [1.807, 2.05) is 65.8 Å². The predicted molar refractivity (Wildman–Crippen MR) is 162 cm³/mol. The summed E-state index contributed by atoms with van der Waals surface area (Å²) in [6.45, 7) is 20.1. The minimum atomic E-state index is -1.16. The average Bonchev–Trinajstić information content (AvgIpc) is 3.58. The maximum Gasteiger partial charge on any atom is 0.249 e. The summed E-state index contributed by atoms with van der Waals surface area (Å²) >= 11 is 0. The fourth-order valence-electron chi connectivity index (χ4n) is 7.12. The van der Waals surface area contributed by atoms with Crippen molar-refractivity contribution in [2.24, 2.45) is 17.8 Å². The third kappa shape index (κ3) is 5.26. The molecule has 0 aromatic heterocycles. The highest BCUT2D eigenvalue weighted by molar-refractivity contribution is 6.03. The van der Waals surface area contributed by atoms with Crippen molar-refractivity contribution in [2.45, 2.75) is 83.7 Å². The normalized spacial score (nSPS) is 27.1. The maximum atomic E-state index is 14.5. The lowest BCUT2D eigenvalue weighted by Crippen LogP contribution is -2.62. The van der Waals surface area contributed by atoms with Crippen molar-refractivity contribution in [3.05, 3.63) is 49.6 Å². The Morgan fingerprint density at radius 1 is 1.17 bits per heavy atom. The van der Waals surface area contributed by atoms with E-state index in [4.69, 9.17) is 9.47 Å². The highest BCUT2D eigenvalue weighted by Crippen LogP contribution is 2.59. The Bertz CT molecular complexity index is 1190. The van der Waals surface area contributed by atoms with Gasteiger partial charge in [0.15, 0.2) is 0 Å². The minimum Gasteiger partial charge on any atom is -0.494 e. The van der Waals surface area contributed by atoms with Crippen LogP contribution in [0.4, 0.5) is 5.69 Å². The molecule has 9 heteroatoms. The van der Waals surface area contributed by atoms with Crippen molar-refractivity contribution in [3.63, 3.8) is 0 Å². The van der Waals surface area contributed by atoms with Gasteiger partial charge in [0, 0.05) is 24.3 Å². The standard InChI is InChI=1S/C33H47N3O6/c1-9-18-34(22-12-14-23(15-13-22)41-11-3)29(38)26-25-16-17-33(42-25)27(26)30(39)36(24(20-37)21(4)5)28(33)31(40)35(19-10-2)32(6,7)8/h9-10,12-15,21,24-28,37H,1-2,11,16-20H2,3-8H3/t24-,25+,26-,27-,28?,33?/m0/s1. The van der Waals surface area contributed by atoms with Crippen molar-refractivity contribution >= 4 is 23.4 Å². The van der Waals surface area contributed by atoms with Crippen LogP contribution in [-0.2, 0) is 19.1 Å². The number of hydrogen-bond acceptors (Lipinski definition) is 6. The lowest BCUT2D eigenvalue weighted by Gasteiger charge is -2.44. The summed E-state index contributed by atoms with van der Waals surface area (Å²) in [4.78, 5) is 48.3. The summed E-state index contributed by atoms with van der Waals surface area (Å²) in [5.74, 6) is -1.83. The van der Waals surface area contributed by atoms with Crippen molar-refractivity contribution in [2.75, 3.05) is 31.2 Å². The number of rotatable bonds is 12. The van der Waals surface area contributed by atoms with Gasteiger partial charge < -0.3 is 29.3 Å². The summed E-state index contributed by atoms with van der Waals surface area (Å²) in [5, 5.41) is 10.5. The lowest BCUT2D eigenvalue weighted by atomic mass is 9.70. The molecule has 3 aliphatic heterocycles. The minimum absolute atomic E-state index is 0.126. The highest BCUT2D eigenvalue weighted by atomic mass is 16.5. The number of carbonyl (C=O) groups is 3. The van der Waals surface area contributed by atoms with Gasteiger partial charge in [0.25, 0.3) is 0 Å². The third-order valence-corrected chi connectivity index (χ3v) is 9.00. The highest BCUT2D eigenvalue weighted by Gasteiger charge is 2.75. The zero-order valence-electron chi connectivity index (χ0n) is 25.9. The molecular weight excluding hydrogens is 534 g/mol. The van der Waals surface area contributed by atoms with E-state index >= 15 is 0 Å². The van der Waals surface area contributed by atoms with Crippen LogP contribution in [0.3, 0.4) is 0 Å². The van der Waals surface area contributed by atoms with Crippen molar-refractivity contribution in [3.8, 4) is 5.75 Å². The smallest absolute Gasteiger partial charge is 0.249 e. The Kier molecular flexibility index (Phi) is 9.23. The monoisotopic (exact) mass is 581 g/mol. The number of hydrogen-bond donors (Lipinski definition) is 1. The largest absolute Gasteiger partial charge is 0.494 e. The van der Waals surface area contributed by atoms with Gasteiger partial charge >= 0.3 is 0 Å². The van der Waals surface area contributed by atoms with Gasteiger partial charge in [-0.1, -0.05) is 26.0 Å². The van der Waals surface area contributed by atoms with Gasteiger partial charge in [-0.05, 0) is 70.7 Å². The number of aliphatic hydroxyl groups is 1. The Labute approximate surface area is 250 Å². The second-order valence-corrected chi connectivity index (χ2v) is 12.9. The van der Waals surface area contributed by atoms with Crippen LogP contribution in [0.5, 0.6) is 5.75 Å². The Morgan fingerprint density at radius 3 is 2.33 bits per heavy atom. The van der Waals surface area contributed by atoms with E-state index < -0.39 is 41.2 Å². The van der Waals surface area contributed by atoms with Crippen LogP contribution in [0.1, 0.15) is 54.4 Å². The molecule has 3 heterocycles. The number of nitrogens with zero attached hydrogens (tertiary/aromatic N) is 3. The molecular formula is C33H47N3O6. The van der Waals surface area contributed by atoms with Crippen LogP contribution in [0.2, 0.25) is 0 Å². The number of likely N-dealkylation sites (tertiary alicyclic amines) is 1. The molecule has 0 saturated carbocycles. The Balaban J connectivity index is 1.79. The summed E-state index contributed by atoms with van der Waals surface area (Å²) in [6, 6.07) is 5.70. The average molecular weight is 582 g/mol. The second kappa shape index (κ2) is 12.2. The van der Waals surface area contributed by atoms with Gasteiger partial charge in [-0.3, -0.25) is 14.4 Å². The molecule has 1 aromatic carbocycles. The molecule has 1 spiro atoms. The van der Waals surface area contributed by atoms with E-state index in [1.54, 1.807) is 26.9 Å². The molecule has 1 aromatic rings. The van der Waals surface area contributed by atoms with Crippen LogP contribution in [0.15, 0.2) is 49.6 Å². The quantitative estimate of drug-likeness (QED) is 0.377. The molecule has 42 heavy (non-hydrogen) atoms. The molecule has 3 amide bonds. The van der Waals surface area contributed by atoms with Gasteiger partial charge in [-0.2, -0.15) is 0 Å². The molecule has 0 aliphatic carbocycles. The fourth-order valence-corrected chi connectivity index (χ4v) is 7.12. The van der Waals surface area contributed by atoms with E-state index in [0.29, 0.717) is 37.4 Å². The first-order valence-corrected chi connectivity index (χ1v) is 15.1. The summed E-state index contributed by atoms with van der Waals surface area (Å²) in [7, 11) is 0. The summed E-state index contributed by atoms with van der Waals surface area (Å²) in [6.07, 6.45) is 3.88. The van der Waals surface area contributed by atoms with Gasteiger partial charge in [0.1, 0.15) is 17.4 Å².